The zero-order valence-electron chi connectivity index (χ0n) is 10.2. The summed E-state index contributed by atoms with van der Waals surface area (Å²) in [5, 5.41) is 0. The topological polar surface area (TPSA) is 58.9 Å². The smallest absolute Gasteiger partial charge is 0.264 e. The Bertz CT molecular complexity index is 640. The maximum Gasteiger partial charge on any atom is 0.264 e. The molecule has 96 valence electrons. The summed E-state index contributed by atoms with van der Waals surface area (Å²) in [7, 11) is 0. The van der Waals surface area contributed by atoms with Gasteiger partial charge in [-0.05, 0) is 50.7 Å². The molecule has 18 heavy (non-hydrogen) atoms. The molecule has 2 heterocycles. The standard InChI is InChI=1S/C12H12BrIN2O2/c1-12(2,3)9-8(14)11(17)16-10(15-9)6-4-5-7(13)18-6/h4-5H,1-3H3,(H,15,16,17). The maximum atomic E-state index is 11.9. The first-order chi connectivity index (χ1) is 8.29. The zero-order chi connectivity index (χ0) is 13.5. The predicted molar refractivity (Wildman–Crippen MR) is 81.7 cm³/mol. The summed E-state index contributed by atoms with van der Waals surface area (Å²) in [5.41, 5.74) is 0.441. The van der Waals surface area contributed by atoms with Gasteiger partial charge in [0.25, 0.3) is 5.56 Å². The van der Waals surface area contributed by atoms with Crippen LogP contribution in [0.1, 0.15) is 26.5 Å². The number of hydrogen-bond donors (Lipinski definition) is 1. The summed E-state index contributed by atoms with van der Waals surface area (Å²) in [5.74, 6) is 0.997. The number of nitrogens with zero attached hydrogens (tertiary/aromatic N) is 1. The number of furan rings is 1. The molecule has 1 N–H and O–H groups in total. The van der Waals surface area contributed by atoms with Crippen LogP contribution in [0.3, 0.4) is 0 Å². The molecule has 0 saturated heterocycles. The lowest BCUT2D eigenvalue weighted by molar-refractivity contribution is 0.540. The van der Waals surface area contributed by atoms with Crippen molar-refractivity contribution in [3.8, 4) is 11.6 Å². The van der Waals surface area contributed by atoms with Gasteiger partial charge in [0, 0.05) is 5.41 Å². The minimum absolute atomic E-state index is 0.141. The van der Waals surface area contributed by atoms with Gasteiger partial charge in [-0.3, -0.25) is 4.79 Å². The van der Waals surface area contributed by atoms with E-state index in [0.717, 1.165) is 5.69 Å². The molecule has 0 atom stereocenters. The number of aromatic amines is 1. The fraction of sp³-hybridized carbons (Fsp3) is 0.333. The van der Waals surface area contributed by atoms with E-state index in [9.17, 15) is 4.79 Å². The van der Waals surface area contributed by atoms with Crippen molar-refractivity contribution in [3.05, 3.63) is 36.4 Å². The summed E-state index contributed by atoms with van der Waals surface area (Å²) < 4.78 is 6.64. The van der Waals surface area contributed by atoms with Crippen LogP contribution < -0.4 is 5.56 Å². The molecule has 2 aromatic rings. The van der Waals surface area contributed by atoms with E-state index in [1.165, 1.54) is 0 Å². The van der Waals surface area contributed by atoms with Crippen molar-refractivity contribution in [1.82, 2.24) is 9.97 Å². The van der Waals surface area contributed by atoms with Crippen molar-refractivity contribution in [2.24, 2.45) is 0 Å². The van der Waals surface area contributed by atoms with Gasteiger partial charge in [0.1, 0.15) is 3.57 Å². The normalized spacial score (nSPS) is 11.8. The van der Waals surface area contributed by atoms with E-state index in [-0.39, 0.29) is 11.0 Å². The van der Waals surface area contributed by atoms with Crippen molar-refractivity contribution in [1.29, 1.82) is 0 Å². The van der Waals surface area contributed by atoms with Crippen LogP contribution in [0, 0.1) is 3.57 Å². The first-order valence-corrected chi connectivity index (χ1v) is 7.22. The highest BCUT2D eigenvalue weighted by Gasteiger charge is 2.22. The molecule has 0 aliphatic carbocycles. The third kappa shape index (κ3) is 2.69. The Balaban J connectivity index is 2.65. The lowest BCUT2D eigenvalue weighted by Crippen LogP contribution is -2.24. The summed E-state index contributed by atoms with van der Waals surface area (Å²) in [6.45, 7) is 6.08. The molecular formula is C12H12BrIN2O2. The Kier molecular flexibility index (Phi) is 3.68. The molecule has 0 amide bonds. The molecular weight excluding hydrogens is 411 g/mol. The Morgan fingerprint density at radius 1 is 1.39 bits per heavy atom. The highest BCUT2D eigenvalue weighted by atomic mass is 127. The Hall–Kier alpha value is -0.630. The monoisotopic (exact) mass is 422 g/mol. The summed E-state index contributed by atoms with van der Waals surface area (Å²) >= 11 is 5.26. The lowest BCUT2D eigenvalue weighted by Gasteiger charge is -2.19. The second kappa shape index (κ2) is 4.80. The molecule has 0 fully saturated rings. The van der Waals surface area contributed by atoms with Gasteiger partial charge < -0.3 is 9.40 Å². The van der Waals surface area contributed by atoms with E-state index in [4.69, 9.17) is 4.42 Å². The van der Waals surface area contributed by atoms with Crippen LogP contribution in [0.5, 0.6) is 0 Å². The molecule has 4 nitrogen and oxygen atoms in total. The highest BCUT2D eigenvalue weighted by Crippen LogP contribution is 2.26. The molecule has 0 aromatic carbocycles. The van der Waals surface area contributed by atoms with Crippen molar-refractivity contribution in [2.45, 2.75) is 26.2 Å². The van der Waals surface area contributed by atoms with Crippen molar-refractivity contribution < 1.29 is 4.42 Å². The Morgan fingerprint density at radius 2 is 2.06 bits per heavy atom. The first kappa shape index (κ1) is 13.8. The molecule has 2 rings (SSSR count). The number of hydrogen-bond acceptors (Lipinski definition) is 3. The van der Waals surface area contributed by atoms with Crippen LogP contribution in [0.15, 0.2) is 26.0 Å². The molecule has 0 spiro atoms. The van der Waals surface area contributed by atoms with Crippen LogP contribution in [0.4, 0.5) is 0 Å². The third-order valence-corrected chi connectivity index (χ3v) is 3.81. The van der Waals surface area contributed by atoms with Crippen molar-refractivity contribution in [3.63, 3.8) is 0 Å². The number of halogens is 2. The van der Waals surface area contributed by atoms with E-state index >= 15 is 0 Å². The molecule has 0 unspecified atom stereocenters. The summed E-state index contributed by atoms with van der Waals surface area (Å²) in [4.78, 5) is 19.2. The number of nitrogens with one attached hydrogen (secondary N) is 1. The Morgan fingerprint density at radius 3 is 2.56 bits per heavy atom. The third-order valence-electron chi connectivity index (χ3n) is 2.38. The van der Waals surface area contributed by atoms with Gasteiger partial charge in [0.2, 0.25) is 0 Å². The SMILES string of the molecule is CC(C)(C)c1nc(-c2ccc(Br)o2)[nH]c(=O)c1I. The van der Waals surface area contributed by atoms with Crippen molar-refractivity contribution >= 4 is 38.5 Å². The number of rotatable bonds is 1. The van der Waals surface area contributed by atoms with Crippen LogP contribution in [0.2, 0.25) is 0 Å². The van der Waals surface area contributed by atoms with Crippen LogP contribution >= 0.6 is 38.5 Å². The predicted octanol–water partition coefficient (Wildman–Crippen LogP) is 3.69. The molecule has 0 aliphatic rings. The van der Waals surface area contributed by atoms with E-state index in [1.54, 1.807) is 12.1 Å². The van der Waals surface area contributed by atoms with Gasteiger partial charge in [-0.15, -0.1) is 0 Å². The molecule has 0 saturated carbocycles. The lowest BCUT2D eigenvalue weighted by atomic mass is 9.92. The summed E-state index contributed by atoms with van der Waals surface area (Å²) in [6, 6.07) is 3.53. The second-order valence-corrected chi connectivity index (χ2v) is 6.79. The fourth-order valence-corrected chi connectivity index (χ4v) is 2.89. The van der Waals surface area contributed by atoms with Crippen molar-refractivity contribution in [2.75, 3.05) is 0 Å². The molecule has 0 radical (unpaired) electrons. The molecule has 2 aromatic heterocycles. The van der Waals surface area contributed by atoms with Gasteiger partial charge in [0.15, 0.2) is 16.3 Å². The van der Waals surface area contributed by atoms with E-state index in [1.807, 2.05) is 43.4 Å². The number of H-pyrrole nitrogens is 1. The van der Waals surface area contributed by atoms with Crippen LogP contribution in [0.25, 0.3) is 11.6 Å². The zero-order valence-corrected chi connectivity index (χ0v) is 13.9. The minimum atomic E-state index is -0.191. The second-order valence-electron chi connectivity index (χ2n) is 4.93. The highest BCUT2D eigenvalue weighted by molar-refractivity contribution is 14.1. The quantitative estimate of drug-likeness (QED) is 0.713. The average Bonchev–Trinajstić information content (AvgIpc) is 2.67. The fourth-order valence-electron chi connectivity index (χ4n) is 1.51. The van der Waals surface area contributed by atoms with E-state index in [0.29, 0.717) is 19.8 Å². The first-order valence-electron chi connectivity index (χ1n) is 5.35. The largest absolute Gasteiger partial charge is 0.446 e. The summed E-state index contributed by atoms with van der Waals surface area (Å²) in [6.07, 6.45) is 0. The number of aromatic nitrogens is 2. The van der Waals surface area contributed by atoms with Gasteiger partial charge in [-0.1, -0.05) is 20.8 Å². The molecule has 6 heteroatoms. The van der Waals surface area contributed by atoms with Gasteiger partial charge >= 0.3 is 0 Å². The maximum absolute atomic E-state index is 11.9. The Labute approximate surface area is 126 Å². The minimum Gasteiger partial charge on any atom is -0.446 e. The average molecular weight is 423 g/mol. The molecule has 0 aliphatic heterocycles. The van der Waals surface area contributed by atoms with E-state index in [2.05, 4.69) is 25.9 Å². The van der Waals surface area contributed by atoms with Crippen LogP contribution in [-0.4, -0.2) is 9.97 Å². The van der Waals surface area contributed by atoms with E-state index < -0.39 is 0 Å². The van der Waals surface area contributed by atoms with Gasteiger partial charge in [0.05, 0.1) is 5.69 Å². The van der Waals surface area contributed by atoms with Crippen LogP contribution in [-0.2, 0) is 5.41 Å². The molecule has 0 bridgehead atoms. The van der Waals surface area contributed by atoms with Gasteiger partial charge in [-0.25, -0.2) is 4.98 Å². The van der Waals surface area contributed by atoms with Gasteiger partial charge in [-0.2, -0.15) is 0 Å².